The highest BCUT2D eigenvalue weighted by atomic mass is 32.2. The highest BCUT2D eigenvalue weighted by Gasteiger charge is 2.44. The Morgan fingerprint density at radius 2 is 1.32 bits per heavy atom. The minimum Gasteiger partial charge on any atom is -0.379 e. The van der Waals surface area contributed by atoms with Crippen molar-refractivity contribution in [2.45, 2.75) is 31.3 Å². The van der Waals surface area contributed by atoms with E-state index in [2.05, 4.69) is 9.80 Å². The first kappa shape index (κ1) is 13.8. The van der Waals surface area contributed by atoms with Gasteiger partial charge in [-0.05, 0) is 25.9 Å². The van der Waals surface area contributed by atoms with Crippen molar-refractivity contribution in [3.63, 3.8) is 0 Å². The van der Waals surface area contributed by atoms with Crippen molar-refractivity contribution >= 4 is 9.84 Å². The van der Waals surface area contributed by atoms with E-state index in [-0.39, 0.29) is 12.1 Å². The average molecular weight is 288 g/mol. The molecule has 0 amide bonds. The molecule has 3 aliphatic rings. The Kier molecular flexibility index (Phi) is 4.12. The third-order valence-corrected chi connectivity index (χ3v) is 6.37. The lowest BCUT2D eigenvalue weighted by molar-refractivity contribution is 0.000663. The summed E-state index contributed by atoms with van der Waals surface area (Å²) in [7, 11) is -2.87. The molecule has 3 heterocycles. The molecular weight excluding hydrogens is 264 g/mol. The normalized spacial score (nSPS) is 37.5. The van der Waals surface area contributed by atoms with Crippen LogP contribution in [0.3, 0.4) is 0 Å². The summed E-state index contributed by atoms with van der Waals surface area (Å²) < 4.78 is 29.5. The van der Waals surface area contributed by atoms with Crippen LogP contribution in [0.2, 0.25) is 0 Å². The second-order valence-corrected chi connectivity index (χ2v) is 8.11. The second-order valence-electron chi connectivity index (χ2n) is 5.96. The van der Waals surface area contributed by atoms with E-state index >= 15 is 0 Å². The molecule has 19 heavy (non-hydrogen) atoms. The lowest BCUT2D eigenvalue weighted by atomic mass is 10.0. The summed E-state index contributed by atoms with van der Waals surface area (Å²) in [5.41, 5.74) is 0. The number of piperidine rings is 1. The van der Waals surface area contributed by atoms with Crippen molar-refractivity contribution in [1.29, 1.82) is 0 Å². The van der Waals surface area contributed by atoms with Gasteiger partial charge < -0.3 is 4.74 Å². The standard InChI is InChI=1S/C13H24N2O3S/c16-19(17)10-12(14-4-2-1-3-5-14)13(11-19)15-6-8-18-9-7-15/h12-13H,1-11H2/t12-,13-/m0/s1. The van der Waals surface area contributed by atoms with Gasteiger partial charge in [0, 0.05) is 25.2 Å². The van der Waals surface area contributed by atoms with Crippen LogP contribution in [0.5, 0.6) is 0 Å². The van der Waals surface area contributed by atoms with Gasteiger partial charge in [-0.2, -0.15) is 0 Å². The predicted octanol–water partition coefficient (Wildman–Crippen LogP) is -0.0299. The molecule has 0 spiro atoms. The molecule has 110 valence electrons. The Morgan fingerprint density at radius 3 is 1.89 bits per heavy atom. The van der Waals surface area contributed by atoms with Crippen LogP contribution in [-0.2, 0) is 14.6 Å². The Labute approximate surface area is 115 Å². The monoisotopic (exact) mass is 288 g/mol. The van der Waals surface area contributed by atoms with Gasteiger partial charge in [-0.25, -0.2) is 8.42 Å². The van der Waals surface area contributed by atoms with Crippen molar-refractivity contribution in [3.05, 3.63) is 0 Å². The molecule has 0 N–H and O–H groups in total. The van der Waals surface area contributed by atoms with Crippen LogP contribution in [0.25, 0.3) is 0 Å². The fourth-order valence-corrected chi connectivity index (χ4v) is 5.71. The van der Waals surface area contributed by atoms with Crippen molar-refractivity contribution in [1.82, 2.24) is 9.80 Å². The van der Waals surface area contributed by atoms with Crippen LogP contribution >= 0.6 is 0 Å². The van der Waals surface area contributed by atoms with Gasteiger partial charge >= 0.3 is 0 Å². The summed E-state index contributed by atoms with van der Waals surface area (Å²) in [6.45, 7) is 5.38. The molecule has 0 aromatic heterocycles. The van der Waals surface area contributed by atoms with E-state index in [4.69, 9.17) is 4.74 Å². The van der Waals surface area contributed by atoms with Gasteiger partial charge in [-0.15, -0.1) is 0 Å². The maximum atomic E-state index is 12.1. The molecule has 6 heteroatoms. The Bertz CT molecular complexity index is 368. The largest absolute Gasteiger partial charge is 0.379 e. The van der Waals surface area contributed by atoms with Crippen molar-refractivity contribution in [2.24, 2.45) is 0 Å². The van der Waals surface area contributed by atoms with E-state index in [0.717, 1.165) is 39.4 Å². The lowest BCUT2D eigenvalue weighted by Crippen LogP contribution is -2.55. The number of nitrogens with zero attached hydrogens (tertiary/aromatic N) is 2. The lowest BCUT2D eigenvalue weighted by Gasteiger charge is -2.40. The molecule has 3 fully saturated rings. The third-order valence-electron chi connectivity index (χ3n) is 4.67. The van der Waals surface area contributed by atoms with E-state index in [9.17, 15) is 8.42 Å². The number of ether oxygens (including phenoxy) is 1. The van der Waals surface area contributed by atoms with E-state index in [1.165, 1.54) is 19.3 Å². The zero-order valence-electron chi connectivity index (χ0n) is 11.5. The van der Waals surface area contributed by atoms with Gasteiger partial charge in [0.25, 0.3) is 0 Å². The van der Waals surface area contributed by atoms with Crippen molar-refractivity contribution in [2.75, 3.05) is 50.9 Å². The summed E-state index contributed by atoms with van der Waals surface area (Å²) in [6.07, 6.45) is 3.72. The van der Waals surface area contributed by atoms with Crippen LogP contribution < -0.4 is 0 Å². The van der Waals surface area contributed by atoms with Crippen molar-refractivity contribution in [3.8, 4) is 0 Å². The Hall–Kier alpha value is -0.170. The first-order valence-electron chi connectivity index (χ1n) is 7.42. The van der Waals surface area contributed by atoms with E-state index in [1.54, 1.807) is 0 Å². The fraction of sp³-hybridized carbons (Fsp3) is 1.00. The first-order valence-corrected chi connectivity index (χ1v) is 9.24. The molecule has 0 aromatic rings. The number of sulfone groups is 1. The summed E-state index contributed by atoms with van der Waals surface area (Å²) in [5, 5.41) is 0. The van der Waals surface area contributed by atoms with Gasteiger partial charge in [0.2, 0.25) is 0 Å². The molecule has 3 rings (SSSR count). The fourth-order valence-electron chi connectivity index (χ4n) is 3.67. The molecule has 0 aliphatic carbocycles. The van der Waals surface area contributed by atoms with Gasteiger partial charge in [-0.1, -0.05) is 6.42 Å². The molecule has 0 radical (unpaired) electrons. The van der Waals surface area contributed by atoms with Gasteiger partial charge in [-0.3, -0.25) is 9.80 Å². The predicted molar refractivity (Wildman–Crippen MR) is 74.0 cm³/mol. The van der Waals surface area contributed by atoms with E-state index < -0.39 is 9.84 Å². The van der Waals surface area contributed by atoms with Crippen LogP contribution in [-0.4, -0.2) is 81.2 Å². The van der Waals surface area contributed by atoms with Gasteiger partial charge in [0.05, 0.1) is 24.7 Å². The minimum absolute atomic E-state index is 0.187. The topological polar surface area (TPSA) is 49.9 Å². The molecule has 0 unspecified atom stereocenters. The Balaban J connectivity index is 1.74. The number of rotatable bonds is 2. The summed E-state index contributed by atoms with van der Waals surface area (Å²) in [4.78, 5) is 4.77. The molecule has 3 saturated heterocycles. The second kappa shape index (κ2) is 5.68. The molecule has 0 bridgehead atoms. The molecule has 0 aromatic carbocycles. The number of likely N-dealkylation sites (tertiary alicyclic amines) is 1. The van der Waals surface area contributed by atoms with E-state index in [1.807, 2.05) is 0 Å². The number of hydrogen-bond donors (Lipinski definition) is 0. The summed E-state index contributed by atoms with van der Waals surface area (Å²) >= 11 is 0. The molecular formula is C13H24N2O3S. The molecule has 5 nitrogen and oxygen atoms in total. The number of hydrogen-bond acceptors (Lipinski definition) is 5. The molecule has 2 atom stereocenters. The Morgan fingerprint density at radius 1 is 0.789 bits per heavy atom. The SMILES string of the molecule is O=S1(=O)C[C@H](N2CCCCC2)[C@@H](N2CCOCC2)C1. The average Bonchev–Trinajstić information content (AvgIpc) is 2.77. The van der Waals surface area contributed by atoms with Crippen LogP contribution in [0, 0.1) is 0 Å². The van der Waals surface area contributed by atoms with Gasteiger partial charge in [0.15, 0.2) is 9.84 Å². The van der Waals surface area contributed by atoms with Crippen LogP contribution in [0.4, 0.5) is 0 Å². The van der Waals surface area contributed by atoms with Crippen molar-refractivity contribution < 1.29 is 13.2 Å². The van der Waals surface area contributed by atoms with Crippen LogP contribution in [0.1, 0.15) is 19.3 Å². The molecule has 0 saturated carbocycles. The zero-order valence-corrected chi connectivity index (χ0v) is 12.3. The summed E-state index contributed by atoms with van der Waals surface area (Å²) in [6, 6.07) is 0.399. The highest BCUT2D eigenvalue weighted by molar-refractivity contribution is 7.91. The highest BCUT2D eigenvalue weighted by Crippen LogP contribution is 2.26. The summed E-state index contributed by atoms with van der Waals surface area (Å²) in [5.74, 6) is 0.698. The van der Waals surface area contributed by atoms with Gasteiger partial charge in [0.1, 0.15) is 0 Å². The minimum atomic E-state index is -2.87. The maximum absolute atomic E-state index is 12.1. The zero-order chi connectivity index (χ0) is 13.3. The third kappa shape index (κ3) is 3.12. The quantitative estimate of drug-likeness (QED) is 0.714. The maximum Gasteiger partial charge on any atom is 0.153 e. The van der Waals surface area contributed by atoms with E-state index in [0.29, 0.717) is 11.5 Å². The first-order chi connectivity index (χ1) is 9.16. The van der Waals surface area contributed by atoms with Crippen LogP contribution in [0.15, 0.2) is 0 Å². The molecule has 3 aliphatic heterocycles. The number of morpholine rings is 1. The smallest absolute Gasteiger partial charge is 0.153 e.